The number of ether oxygens (including phenoxy) is 3. The molecule has 0 spiro atoms. The Morgan fingerprint density at radius 3 is 2.53 bits per heavy atom. The van der Waals surface area contributed by atoms with Crippen LogP contribution in [0.2, 0.25) is 0 Å². The van der Waals surface area contributed by atoms with Crippen LogP contribution in [0.4, 0.5) is 11.5 Å². The number of carbonyl (C=O) groups excluding carboxylic acids is 2. The van der Waals surface area contributed by atoms with Gasteiger partial charge >= 0.3 is 0 Å². The minimum absolute atomic E-state index is 0.0506. The maximum atomic E-state index is 13.9. The molecule has 3 heterocycles. The lowest BCUT2D eigenvalue weighted by atomic mass is 9.94. The van der Waals surface area contributed by atoms with E-state index in [1.165, 1.54) is 0 Å². The van der Waals surface area contributed by atoms with Crippen LogP contribution in [0.3, 0.4) is 0 Å². The number of nitrogens with one attached hydrogen (secondary N) is 2. The number of phenols is 1. The number of methoxy groups -OCH3 is 1. The average Bonchev–Trinajstić information content (AvgIpc) is 3.65. The van der Waals surface area contributed by atoms with Crippen LogP contribution in [0, 0.1) is 0 Å². The summed E-state index contributed by atoms with van der Waals surface area (Å²) in [7, 11) is 1.58. The average molecular weight is 685 g/mol. The van der Waals surface area contributed by atoms with Gasteiger partial charge in [0, 0.05) is 52.6 Å². The first-order valence-electron chi connectivity index (χ1n) is 16.2. The lowest BCUT2D eigenvalue weighted by molar-refractivity contribution is -0.0292. The molecule has 3 aromatic carbocycles. The predicted octanol–water partition coefficient (Wildman–Crippen LogP) is 8.03. The van der Waals surface area contributed by atoms with E-state index in [4.69, 9.17) is 25.8 Å². The SMILES string of the molecule is COc1cccc2c(O)cc3c(c12)C(CCl)CN3C(=O)c1cc2cc(NC(=O)c3ccc(OC(C)(C)CCOC(C)(C)C)cc3)ncc2[nH]1. The normalized spacial score (nSPS) is 14.7. The molecule has 2 aromatic heterocycles. The molecule has 2 amide bonds. The van der Waals surface area contributed by atoms with E-state index in [0.717, 1.165) is 10.9 Å². The van der Waals surface area contributed by atoms with Crippen LogP contribution in [0.25, 0.3) is 21.7 Å². The van der Waals surface area contributed by atoms with Gasteiger partial charge in [-0.1, -0.05) is 12.1 Å². The molecule has 1 unspecified atom stereocenters. The third-order valence-corrected chi connectivity index (χ3v) is 8.97. The van der Waals surface area contributed by atoms with Crippen LogP contribution in [-0.4, -0.2) is 64.2 Å². The number of H-pyrrole nitrogens is 1. The molecule has 256 valence electrons. The number of aromatic nitrogens is 2. The van der Waals surface area contributed by atoms with Crippen molar-refractivity contribution in [2.75, 3.05) is 36.4 Å². The number of pyridine rings is 1. The Kier molecular flexibility index (Phi) is 9.21. The highest BCUT2D eigenvalue weighted by molar-refractivity contribution is 6.19. The van der Waals surface area contributed by atoms with Gasteiger partial charge in [0.25, 0.3) is 11.8 Å². The van der Waals surface area contributed by atoms with E-state index in [1.54, 1.807) is 60.7 Å². The minimum atomic E-state index is -0.446. The summed E-state index contributed by atoms with van der Waals surface area (Å²) in [5.41, 5.74) is 2.21. The fraction of sp³-hybridized carbons (Fsp3) is 0.342. The molecule has 0 fully saturated rings. The molecule has 1 aliphatic rings. The Balaban J connectivity index is 1.16. The Bertz CT molecular complexity index is 2030. The fourth-order valence-electron chi connectivity index (χ4n) is 6.17. The molecule has 5 aromatic rings. The van der Waals surface area contributed by atoms with E-state index in [2.05, 4.69) is 15.3 Å². The van der Waals surface area contributed by atoms with Crippen molar-refractivity contribution in [1.82, 2.24) is 9.97 Å². The lowest BCUT2D eigenvalue weighted by Crippen LogP contribution is -2.32. The Hall–Kier alpha value is -4.80. The molecule has 1 atom stereocenters. The van der Waals surface area contributed by atoms with Gasteiger partial charge in [-0.2, -0.15) is 0 Å². The van der Waals surface area contributed by atoms with Crippen LogP contribution in [0.5, 0.6) is 17.2 Å². The van der Waals surface area contributed by atoms with Crippen molar-refractivity contribution in [2.45, 2.75) is 58.2 Å². The molecule has 3 N–H and O–H groups in total. The zero-order valence-corrected chi connectivity index (χ0v) is 29.3. The summed E-state index contributed by atoms with van der Waals surface area (Å²) in [6.45, 7) is 11.0. The standard InChI is InChI=1S/C38H41ClN4O6/c1-37(2,3)48-15-14-38(4,5)49-25-12-10-22(11-13-25)35(45)42-32-17-23-16-27(41-28(23)20-40-32)36(46)43-21-24(19-39)33-29(43)18-30(44)26-8-7-9-31(47-6)34(26)33/h7-13,16-18,20,24,41,44H,14-15,19,21H2,1-6H3,(H,40,42,45). The van der Waals surface area contributed by atoms with E-state index < -0.39 is 5.60 Å². The number of hydrogen-bond donors (Lipinski definition) is 3. The van der Waals surface area contributed by atoms with Gasteiger partial charge in [-0.05, 0) is 82.6 Å². The van der Waals surface area contributed by atoms with Gasteiger partial charge < -0.3 is 34.5 Å². The van der Waals surface area contributed by atoms with Gasteiger partial charge in [0.2, 0.25) is 0 Å². The maximum absolute atomic E-state index is 13.9. The van der Waals surface area contributed by atoms with Crippen LogP contribution in [0.15, 0.2) is 66.9 Å². The number of anilines is 2. The summed E-state index contributed by atoms with van der Waals surface area (Å²) < 4.78 is 17.6. The van der Waals surface area contributed by atoms with Gasteiger partial charge in [0.05, 0.1) is 36.7 Å². The number of rotatable bonds is 10. The largest absolute Gasteiger partial charge is 0.507 e. The summed E-state index contributed by atoms with van der Waals surface area (Å²) in [6.07, 6.45) is 2.29. The first-order valence-corrected chi connectivity index (χ1v) is 16.7. The van der Waals surface area contributed by atoms with Crippen LogP contribution < -0.4 is 19.7 Å². The van der Waals surface area contributed by atoms with E-state index in [0.29, 0.717) is 70.1 Å². The summed E-state index contributed by atoms with van der Waals surface area (Å²) in [5.74, 6) is 1.17. The van der Waals surface area contributed by atoms with E-state index >= 15 is 0 Å². The molecule has 1 aliphatic heterocycles. The molecule has 0 radical (unpaired) electrons. The summed E-state index contributed by atoms with van der Waals surface area (Å²) in [5, 5.41) is 15.8. The number of alkyl halides is 1. The zero-order chi connectivity index (χ0) is 35.1. The molecule has 11 heteroatoms. The third kappa shape index (κ3) is 7.16. The Morgan fingerprint density at radius 1 is 1.08 bits per heavy atom. The Labute approximate surface area is 290 Å². The summed E-state index contributed by atoms with van der Waals surface area (Å²) in [4.78, 5) is 36.2. The first kappa shape index (κ1) is 34.1. The van der Waals surface area contributed by atoms with E-state index in [1.807, 2.05) is 52.8 Å². The second-order valence-corrected chi connectivity index (χ2v) is 14.2. The van der Waals surface area contributed by atoms with Crippen LogP contribution in [0.1, 0.15) is 73.4 Å². The molecule has 49 heavy (non-hydrogen) atoms. The first-order chi connectivity index (χ1) is 23.3. The molecular formula is C38H41ClN4O6. The summed E-state index contributed by atoms with van der Waals surface area (Å²) in [6, 6.07) is 17.5. The van der Waals surface area contributed by atoms with E-state index in [-0.39, 0.29) is 35.0 Å². The van der Waals surface area contributed by atoms with Gasteiger partial charge in [-0.3, -0.25) is 9.59 Å². The summed E-state index contributed by atoms with van der Waals surface area (Å²) >= 11 is 6.41. The van der Waals surface area contributed by atoms with Crippen molar-refractivity contribution < 1.29 is 28.9 Å². The van der Waals surface area contributed by atoms with Crippen molar-refractivity contribution in [1.29, 1.82) is 0 Å². The third-order valence-electron chi connectivity index (χ3n) is 8.60. The molecule has 0 aliphatic carbocycles. The topological polar surface area (TPSA) is 126 Å². The highest BCUT2D eigenvalue weighted by atomic mass is 35.5. The molecule has 0 saturated heterocycles. The minimum Gasteiger partial charge on any atom is -0.507 e. The van der Waals surface area contributed by atoms with Gasteiger partial charge in [-0.25, -0.2) is 4.98 Å². The number of amides is 2. The van der Waals surface area contributed by atoms with Crippen molar-refractivity contribution in [2.24, 2.45) is 0 Å². The number of benzene rings is 3. The van der Waals surface area contributed by atoms with Crippen LogP contribution in [-0.2, 0) is 4.74 Å². The number of halogens is 1. The fourth-order valence-corrected chi connectivity index (χ4v) is 6.42. The molecular weight excluding hydrogens is 644 g/mol. The smallest absolute Gasteiger partial charge is 0.274 e. The Morgan fingerprint density at radius 2 is 1.84 bits per heavy atom. The van der Waals surface area contributed by atoms with Crippen LogP contribution >= 0.6 is 11.6 Å². The number of fused-ring (bicyclic) bond motifs is 4. The zero-order valence-electron chi connectivity index (χ0n) is 28.5. The number of phenolic OH excluding ortho intramolecular Hbond substituents is 1. The van der Waals surface area contributed by atoms with E-state index in [9.17, 15) is 14.7 Å². The lowest BCUT2D eigenvalue weighted by Gasteiger charge is -2.28. The monoisotopic (exact) mass is 684 g/mol. The highest BCUT2D eigenvalue weighted by Gasteiger charge is 2.36. The molecule has 10 nitrogen and oxygen atoms in total. The van der Waals surface area contributed by atoms with Gasteiger partial charge in [0.15, 0.2) is 0 Å². The number of hydrogen-bond acceptors (Lipinski definition) is 7. The van der Waals surface area contributed by atoms with Crippen molar-refractivity contribution in [3.05, 3.63) is 83.7 Å². The van der Waals surface area contributed by atoms with Gasteiger partial charge in [-0.15, -0.1) is 11.6 Å². The molecule has 0 bridgehead atoms. The predicted molar refractivity (Wildman–Crippen MR) is 193 cm³/mol. The van der Waals surface area contributed by atoms with Crippen molar-refractivity contribution >= 4 is 56.6 Å². The van der Waals surface area contributed by atoms with Gasteiger partial charge in [0.1, 0.15) is 34.4 Å². The number of aromatic amines is 1. The molecule has 6 rings (SSSR count). The van der Waals surface area contributed by atoms with Crippen molar-refractivity contribution in [3.8, 4) is 17.2 Å². The van der Waals surface area contributed by atoms with Crippen molar-refractivity contribution in [3.63, 3.8) is 0 Å². The second-order valence-electron chi connectivity index (χ2n) is 13.9. The second kappa shape index (κ2) is 13.2. The molecule has 0 saturated carbocycles. The quantitative estimate of drug-likeness (QED) is 0.127. The maximum Gasteiger partial charge on any atom is 0.274 e. The highest BCUT2D eigenvalue weighted by Crippen LogP contribution is 2.48. The number of aromatic hydroxyl groups is 1. The number of carbonyl (C=O) groups is 2. The number of nitrogens with zero attached hydrogens (tertiary/aromatic N) is 2.